The molecule has 1 heterocycles. The maximum Gasteiger partial charge on any atom is 0.244 e. The number of hydrogen-bond donors (Lipinski definition) is 1. The summed E-state index contributed by atoms with van der Waals surface area (Å²) in [5.74, 6) is 0.826. The van der Waals surface area contributed by atoms with Gasteiger partial charge in [0.25, 0.3) is 0 Å². The first-order valence-electron chi connectivity index (χ1n) is 3.75. The summed E-state index contributed by atoms with van der Waals surface area (Å²) in [6, 6.07) is 1.72. The van der Waals surface area contributed by atoms with E-state index in [1.54, 1.807) is 12.3 Å². The van der Waals surface area contributed by atoms with E-state index in [1.807, 2.05) is 0 Å². The largest absolute Gasteiger partial charge is 0.531 e. The van der Waals surface area contributed by atoms with Gasteiger partial charge in [0.2, 0.25) is 20.1 Å². The van der Waals surface area contributed by atoms with Crippen molar-refractivity contribution in [2.75, 3.05) is 5.73 Å². The summed E-state index contributed by atoms with van der Waals surface area (Å²) < 4.78 is 5.59. The van der Waals surface area contributed by atoms with E-state index in [9.17, 15) is 0 Å². The fraction of sp³-hybridized carbons (Fsp3) is 0.429. The van der Waals surface area contributed by atoms with Crippen molar-refractivity contribution < 1.29 is 4.43 Å². The average molecular weight is 183 g/mol. The molecular formula is C7H13N3OSi. The smallest absolute Gasteiger partial charge is 0.244 e. The van der Waals surface area contributed by atoms with E-state index in [0.717, 1.165) is 0 Å². The Bertz CT molecular complexity index is 272. The first kappa shape index (κ1) is 8.99. The molecule has 0 unspecified atom stereocenters. The number of hydrogen-bond acceptors (Lipinski definition) is 4. The quantitative estimate of drug-likeness (QED) is 0.701. The summed E-state index contributed by atoms with van der Waals surface area (Å²) in [6.45, 7) is 6.27. The van der Waals surface area contributed by atoms with E-state index in [2.05, 4.69) is 29.6 Å². The van der Waals surface area contributed by atoms with E-state index in [4.69, 9.17) is 10.2 Å². The maximum atomic E-state index is 5.59. The monoisotopic (exact) mass is 183 g/mol. The van der Waals surface area contributed by atoms with Gasteiger partial charge in [0.05, 0.1) is 0 Å². The van der Waals surface area contributed by atoms with Crippen LogP contribution >= 0.6 is 0 Å². The van der Waals surface area contributed by atoms with Crippen LogP contribution in [-0.4, -0.2) is 18.3 Å². The van der Waals surface area contributed by atoms with Crippen LogP contribution in [0.5, 0.6) is 5.88 Å². The number of rotatable bonds is 2. The van der Waals surface area contributed by atoms with Crippen molar-refractivity contribution in [2.45, 2.75) is 19.6 Å². The summed E-state index contributed by atoms with van der Waals surface area (Å²) >= 11 is 0. The lowest BCUT2D eigenvalue weighted by Gasteiger charge is -2.17. The molecule has 0 aliphatic heterocycles. The molecule has 0 saturated heterocycles. The SMILES string of the molecule is C[Si](C)(C)Oc1ccnc(N)n1. The van der Waals surface area contributed by atoms with Gasteiger partial charge in [0.15, 0.2) is 0 Å². The van der Waals surface area contributed by atoms with Gasteiger partial charge >= 0.3 is 0 Å². The zero-order valence-electron chi connectivity index (χ0n) is 7.53. The molecule has 1 rings (SSSR count). The van der Waals surface area contributed by atoms with Crippen LogP contribution in [-0.2, 0) is 0 Å². The molecule has 4 nitrogen and oxygen atoms in total. The first-order valence-corrected chi connectivity index (χ1v) is 7.16. The van der Waals surface area contributed by atoms with Crippen molar-refractivity contribution in [3.63, 3.8) is 0 Å². The van der Waals surface area contributed by atoms with Gasteiger partial charge in [-0.15, -0.1) is 0 Å². The highest BCUT2D eigenvalue weighted by atomic mass is 28.4. The van der Waals surface area contributed by atoms with Crippen LogP contribution < -0.4 is 10.2 Å². The van der Waals surface area contributed by atoms with Crippen LogP contribution in [0.15, 0.2) is 12.3 Å². The standard InChI is InChI=1S/C7H13N3OSi/c1-12(2,3)11-6-4-5-9-7(8)10-6/h4-5H,1-3H3,(H2,8,9,10). The minimum absolute atomic E-state index is 0.255. The minimum atomic E-state index is -1.57. The molecule has 0 bridgehead atoms. The van der Waals surface area contributed by atoms with Crippen molar-refractivity contribution in [3.8, 4) is 5.88 Å². The molecule has 5 heteroatoms. The highest BCUT2D eigenvalue weighted by molar-refractivity contribution is 6.70. The van der Waals surface area contributed by atoms with Crippen molar-refractivity contribution >= 4 is 14.3 Å². The molecular weight excluding hydrogens is 170 g/mol. The number of aromatic nitrogens is 2. The Balaban J connectivity index is 2.77. The molecule has 12 heavy (non-hydrogen) atoms. The highest BCUT2D eigenvalue weighted by Gasteiger charge is 2.16. The van der Waals surface area contributed by atoms with E-state index < -0.39 is 8.32 Å². The Labute approximate surface area is 72.9 Å². The fourth-order valence-electron chi connectivity index (χ4n) is 0.727. The van der Waals surface area contributed by atoms with Gasteiger partial charge < -0.3 is 10.2 Å². The van der Waals surface area contributed by atoms with E-state index in [0.29, 0.717) is 5.88 Å². The highest BCUT2D eigenvalue weighted by Crippen LogP contribution is 2.12. The molecule has 0 spiro atoms. The van der Waals surface area contributed by atoms with Gasteiger partial charge in [-0.25, -0.2) is 4.98 Å². The van der Waals surface area contributed by atoms with Gasteiger partial charge in [-0.1, -0.05) is 0 Å². The number of nitrogens with two attached hydrogens (primary N) is 1. The minimum Gasteiger partial charge on any atom is -0.531 e. The molecule has 0 saturated carbocycles. The molecule has 0 atom stereocenters. The lowest BCUT2D eigenvalue weighted by atomic mass is 10.6. The lowest BCUT2D eigenvalue weighted by Crippen LogP contribution is -2.29. The van der Waals surface area contributed by atoms with Crippen LogP contribution in [0, 0.1) is 0 Å². The molecule has 0 fully saturated rings. The zero-order chi connectivity index (χ0) is 9.19. The van der Waals surface area contributed by atoms with E-state index in [-0.39, 0.29) is 5.95 Å². The lowest BCUT2D eigenvalue weighted by molar-refractivity contribution is 0.533. The summed E-state index contributed by atoms with van der Waals surface area (Å²) in [5, 5.41) is 0. The van der Waals surface area contributed by atoms with Gasteiger partial charge in [-0.2, -0.15) is 4.98 Å². The summed E-state index contributed by atoms with van der Waals surface area (Å²) in [5.41, 5.74) is 5.39. The Morgan fingerprint density at radius 1 is 1.42 bits per heavy atom. The van der Waals surface area contributed by atoms with Crippen LogP contribution in [0.1, 0.15) is 0 Å². The van der Waals surface area contributed by atoms with Gasteiger partial charge in [0, 0.05) is 12.3 Å². The van der Waals surface area contributed by atoms with E-state index in [1.165, 1.54) is 0 Å². The third-order valence-corrected chi connectivity index (χ3v) is 1.88. The van der Waals surface area contributed by atoms with Crippen LogP contribution in [0.4, 0.5) is 5.95 Å². The second kappa shape index (κ2) is 3.10. The number of anilines is 1. The predicted octanol–water partition coefficient (Wildman–Crippen LogP) is 1.27. The second-order valence-corrected chi connectivity index (χ2v) is 7.90. The van der Waals surface area contributed by atoms with E-state index >= 15 is 0 Å². The Morgan fingerprint density at radius 2 is 2.08 bits per heavy atom. The molecule has 1 aromatic rings. The van der Waals surface area contributed by atoms with Crippen LogP contribution in [0.3, 0.4) is 0 Å². The van der Waals surface area contributed by atoms with Gasteiger partial charge in [0.1, 0.15) is 0 Å². The summed E-state index contributed by atoms with van der Waals surface area (Å²) in [7, 11) is -1.57. The summed E-state index contributed by atoms with van der Waals surface area (Å²) in [6.07, 6.45) is 1.60. The second-order valence-electron chi connectivity index (χ2n) is 3.47. The number of nitrogens with zero attached hydrogens (tertiary/aromatic N) is 2. The molecule has 0 aliphatic rings. The van der Waals surface area contributed by atoms with Crippen molar-refractivity contribution in [2.24, 2.45) is 0 Å². The predicted molar refractivity (Wildman–Crippen MR) is 50.4 cm³/mol. The normalized spacial score (nSPS) is 11.2. The summed E-state index contributed by atoms with van der Waals surface area (Å²) in [4.78, 5) is 7.71. The van der Waals surface area contributed by atoms with Crippen molar-refractivity contribution in [3.05, 3.63) is 12.3 Å². The molecule has 2 N–H and O–H groups in total. The van der Waals surface area contributed by atoms with Crippen molar-refractivity contribution in [1.82, 2.24) is 9.97 Å². The third-order valence-electron chi connectivity index (χ3n) is 1.06. The third kappa shape index (κ3) is 2.87. The molecule has 0 radical (unpaired) electrons. The average Bonchev–Trinajstić information content (AvgIpc) is 1.82. The first-order chi connectivity index (χ1) is 5.47. The topological polar surface area (TPSA) is 61.0 Å². The fourth-order valence-corrected chi connectivity index (χ4v) is 1.47. The zero-order valence-corrected chi connectivity index (χ0v) is 8.53. The Hall–Kier alpha value is -1.10. The Morgan fingerprint density at radius 3 is 2.58 bits per heavy atom. The molecule has 0 aromatic carbocycles. The molecule has 0 amide bonds. The Kier molecular flexibility index (Phi) is 2.32. The molecule has 0 aliphatic carbocycles. The van der Waals surface area contributed by atoms with Crippen LogP contribution in [0.2, 0.25) is 19.6 Å². The maximum absolute atomic E-state index is 5.59. The van der Waals surface area contributed by atoms with Gasteiger partial charge in [-0.3, -0.25) is 0 Å². The van der Waals surface area contributed by atoms with Gasteiger partial charge in [-0.05, 0) is 19.6 Å². The molecule has 66 valence electrons. The molecule has 1 aromatic heterocycles. The van der Waals surface area contributed by atoms with Crippen molar-refractivity contribution in [1.29, 1.82) is 0 Å². The number of nitrogen functional groups attached to an aromatic ring is 1. The van der Waals surface area contributed by atoms with Crippen LogP contribution in [0.25, 0.3) is 0 Å².